The van der Waals surface area contributed by atoms with Gasteiger partial charge in [-0.3, -0.25) is 4.79 Å². The fourth-order valence-electron chi connectivity index (χ4n) is 3.36. The summed E-state index contributed by atoms with van der Waals surface area (Å²) in [4.78, 5) is 17.8. The highest BCUT2D eigenvalue weighted by molar-refractivity contribution is 7.99. The maximum absolute atomic E-state index is 13.0. The SMILES string of the molecule is Cc1ccc(CSCC(=O)N2CCc3sccc3[C@H]2c2cccs2)cc1. The minimum Gasteiger partial charge on any atom is -0.330 e. The summed E-state index contributed by atoms with van der Waals surface area (Å²) in [5.74, 6) is 1.67. The number of aryl methyl sites for hydroxylation is 1. The van der Waals surface area contributed by atoms with Crippen LogP contribution in [-0.2, 0) is 17.0 Å². The minimum atomic E-state index is 0.0949. The molecule has 0 N–H and O–H groups in total. The Morgan fingerprint density at radius 3 is 2.77 bits per heavy atom. The highest BCUT2D eigenvalue weighted by atomic mass is 32.2. The van der Waals surface area contributed by atoms with Gasteiger partial charge in [0.2, 0.25) is 5.91 Å². The Bertz CT molecular complexity index is 867. The Morgan fingerprint density at radius 1 is 1.15 bits per heavy atom. The lowest BCUT2D eigenvalue weighted by Crippen LogP contribution is -2.40. The number of thiophene rings is 2. The molecule has 2 aromatic heterocycles. The van der Waals surface area contributed by atoms with Crippen LogP contribution in [0.2, 0.25) is 0 Å². The zero-order valence-electron chi connectivity index (χ0n) is 14.7. The van der Waals surface area contributed by atoms with Crippen molar-refractivity contribution in [2.24, 2.45) is 0 Å². The minimum absolute atomic E-state index is 0.0949. The van der Waals surface area contributed by atoms with Crippen molar-refractivity contribution in [3.63, 3.8) is 0 Å². The molecule has 0 unspecified atom stereocenters. The average Bonchev–Trinajstić information content (AvgIpc) is 3.34. The van der Waals surface area contributed by atoms with Crippen LogP contribution in [0.1, 0.15) is 32.5 Å². The molecule has 1 aliphatic heterocycles. The highest BCUT2D eigenvalue weighted by Crippen LogP contribution is 2.39. The molecule has 1 atom stereocenters. The van der Waals surface area contributed by atoms with Crippen molar-refractivity contribution in [1.82, 2.24) is 4.90 Å². The van der Waals surface area contributed by atoms with Crippen LogP contribution >= 0.6 is 34.4 Å². The fourth-order valence-corrected chi connectivity index (χ4v) is 5.99. The van der Waals surface area contributed by atoms with Crippen molar-refractivity contribution in [2.75, 3.05) is 12.3 Å². The second kappa shape index (κ2) is 7.99. The fraction of sp³-hybridized carbons (Fsp3) is 0.286. The van der Waals surface area contributed by atoms with E-state index in [4.69, 9.17) is 0 Å². The van der Waals surface area contributed by atoms with Crippen LogP contribution in [0.4, 0.5) is 0 Å². The average molecular weight is 400 g/mol. The molecule has 0 fully saturated rings. The van der Waals surface area contributed by atoms with Crippen molar-refractivity contribution < 1.29 is 4.79 Å². The Balaban J connectivity index is 1.45. The van der Waals surface area contributed by atoms with Crippen molar-refractivity contribution >= 4 is 40.3 Å². The largest absolute Gasteiger partial charge is 0.330 e. The molecule has 0 bridgehead atoms. The third-order valence-electron chi connectivity index (χ3n) is 4.71. The third kappa shape index (κ3) is 3.75. The van der Waals surface area contributed by atoms with Crippen LogP contribution < -0.4 is 0 Å². The molecule has 1 amide bonds. The first-order chi connectivity index (χ1) is 12.7. The van der Waals surface area contributed by atoms with Gasteiger partial charge in [-0.15, -0.1) is 34.4 Å². The Kier molecular flexibility index (Phi) is 5.48. The molecule has 1 aliphatic rings. The summed E-state index contributed by atoms with van der Waals surface area (Å²) >= 11 is 5.27. The first-order valence-corrected chi connectivity index (χ1v) is 11.7. The standard InChI is InChI=1S/C21H21NOS3/c1-15-4-6-16(7-5-15)13-24-14-20(23)22-10-8-18-17(9-12-26-18)21(22)19-3-2-11-25-19/h2-7,9,11-12,21H,8,10,13-14H2,1H3/t21-/m0/s1. The molecule has 4 rings (SSSR count). The lowest BCUT2D eigenvalue weighted by Gasteiger charge is -2.35. The van der Waals surface area contributed by atoms with E-state index in [1.54, 1.807) is 23.1 Å². The molecule has 0 spiro atoms. The lowest BCUT2D eigenvalue weighted by molar-refractivity contribution is -0.130. The van der Waals surface area contributed by atoms with Gasteiger partial charge in [0, 0.05) is 22.1 Å². The summed E-state index contributed by atoms with van der Waals surface area (Å²) in [5, 5.41) is 4.26. The van der Waals surface area contributed by atoms with Gasteiger partial charge in [0.1, 0.15) is 0 Å². The summed E-state index contributed by atoms with van der Waals surface area (Å²) in [6.07, 6.45) is 0.975. The normalized spacial score (nSPS) is 16.5. The van der Waals surface area contributed by atoms with E-state index in [1.807, 2.05) is 11.3 Å². The van der Waals surface area contributed by atoms with Crippen LogP contribution in [0.15, 0.2) is 53.2 Å². The molecule has 134 valence electrons. The zero-order chi connectivity index (χ0) is 17.9. The molecule has 26 heavy (non-hydrogen) atoms. The number of benzene rings is 1. The van der Waals surface area contributed by atoms with Crippen LogP contribution in [0, 0.1) is 6.92 Å². The van der Waals surface area contributed by atoms with E-state index in [9.17, 15) is 4.79 Å². The molecule has 5 heteroatoms. The van der Waals surface area contributed by atoms with E-state index in [2.05, 4.69) is 65.0 Å². The van der Waals surface area contributed by atoms with Gasteiger partial charge in [-0.05, 0) is 47.4 Å². The number of rotatable bonds is 5. The second-order valence-corrected chi connectivity index (χ2v) is 9.50. The highest BCUT2D eigenvalue weighted by Gasteiger charge is 2.33. The lowest BCUT2D eigenvalue weighted by atomic mass is 9.98. The van der Waals surface area contributed by atoms with Gasteiger partial charge in [-0.25, -0.2) is 0 Å². The summed E-state index contributed by atoms with van der Waals surface area (Å²) in [6.45, 7) is 2.92. The molecular weight excluding hydrogens is 378 g/mol. The van der Waals surface area contributed by atoms with E-state index in [0.717, 1.165) is 18.7 Å². The van der Waals surface area contributed by atoms with E-state index in [1.165, 1.54) is 26.4 Å². The van der Waals surface area contributed by atoms with E-state index in [0.29, 0.717) is 5.75 Å². The van der Waals surface area contributed by atoms with Crippen LogP contribution in [0.25, 0.3) is 0 Å². The Hall–Kier alpha value is -1.56. The van der Waals surface area contributed by atoms with Gasteiger partial charge in [-0.1, -0.05) is 35.9 Å². The van der Waals surface area contributed by atoms with Crippen LogP contribution in [-0.4, -0.2) is 23.1 Å². The number of hydrogen-bond donors (Lipinski definition) is 0. The maximum Gasteiger partial charge on any atom is 0.233 e. The van der Waals surface area contributed by atoms with Gasteiger partial charge >= 0.3 is 0 Å². The van der Waals surface area contributed by atoms with Crippen molar-refractivity contribution in [1.29, 1.82) is 0 Å². The van der Waals surface area contributed by atoms with Crippen LogP contribution in [0.3, 0.4) is 0 Å². The molecule has 0 radical (unpaired) electrons. The van der Waals surface area contributed by atoms with Gasteiger partial charge in [0.05, 0.1) is 11.8 Å². The monoisotopic (exact) mass is 399 g/mol. The Labute approximate surface area is 166 Å². The number of hydrogen-bond acceptors (Lipinski definition) is 4. The van der Waals surface area contributed by atoms with Crippen molar-refractivity contribution in [2.45, 2.75) is 25.1 Å². The Morgan fingerprint density at radius 2 is 2.00 bits per heavy atom. The van der Waals surface area contributed by atoms with Gasteiger partial charge in [0.15, 0.2) is 0 Å². The first kappa shape index (κ1) is 17.8. The van der Waals surface area contributed by atoms with Gasteiger partial charge in [0.25, 0.3) is 0 Å². The second-order valence-electron chi connectivity index (χ2n) is 6.53. The predicted octanol–water partition coefficient (Wildman–Crippen LogP) is 5.53. The number of thioether (sulfide) groups is 1. The van der Waals surface area contributed by atoms with E-state index < -0.39 is 0 Å². The molecule has 0 aliphatic carbocycles. The summed E-state index contributed by atoms with van der Waals surface area (Å²) in [5.41, 5.74) is 3.87. The number of fused-ring (bicyclic) bond motifs is 1. The summed E-state index contributed by atoms with van der Waals surface area (Å²) < 4.78 is 0. The topological polar surface area (TPSA) is 20.3 Å². The van der Waals surface area contributed by atoms with E-state index in [-0.39, 0.29) is 11.9 Å². The molecule has 1 aromatic carbocycles. The third-order valence-corrected chi connectivity index (χ3v) is 7.62. The summed E-state index contributed by atoms with van der Waals surface area (Å²) in [6, 6.07) is 15.1. The number of nitrogens with zero attached hydrogens (tertiary/aromatic N) is 1. The van der Waals surface area contributed by atoms with Crippen LogP contribution in [0.5, 0.6) is 0 Å². The quantitative estimate of drug-likeness (QED) is 0.562. The number of amides is 1. The molecule has 0 saturated heterocycles. The molecule has 0 saturated carbocycles. The first-order valence-electron chi connectivity index (χ1n) is 8.75. The zero-order valence-corrected chi connectivity index (χ0v) is 17.1. The van der Waals surface area contributed by atoms with Gasteiger partial charge < -0.3 is 4.90 Å². The number of carbonyl (C=O) groups excluding carboxylic acids is 1. The molecular formula is C21H21NOS3. The maximum atomic E-state index is 13.0. The van der Waals surface area contributed by atoms with Crippen molar-refractivity contribution in [3.8, 4) is 0 Å². The van der Waals surface area contributed by atoms with E-state index >= 15 is 0 Å². The predicted molar refractivity (Wildman–Crippen MR) is 113 cm³/mol. The molecule has 2 nitrogen and oxygen atoms in total. The van der Waals surface area contributed by atoms with Crippen molar-refractivity contribution in [3.05, 3.63) is 79.7 Å². The molecule has 3 heterocycles. The summed E-state index contributed by atoms with van der Waals surface area (Å²) in [7, 11) is 0. The van der Waals surface area contributed by atoms with Gasteiger partial charge in [-0.2, -0.15) is 0 Å². The molecule has 3 aromatic rings. The number of carbonyl (C=O) groups is 1. The smallest absolute Gasteiger partial charge is 0.233 e.